The first-order valence-electron chi connectivity index (χ1n) is 9.21. The van der Waals surface area contributed by atoms with Gasteiger partial charge >= 0.3 is 0 Å². The molecule has 1 aliphatic heterocycles. The summed E-state index contributed by atoms with van der Waals surface area (Å²) in [5, 5.41) is 0. The van der Waals surface area contributed by atoms with Gasteiger partial charge in [0.15, 0.2) is 0 Å². The van der Waals surface area contributed by atoms with Crippen LogP contribution in [0.1, 0.15) is 26.3 Å². The third-order valence-electron chi connectivity index (χ3n) is 4.95. The second kappa shape index (κ2) is 6.69. The molecule has 3 aromatic rings. The van der Waals surface area contributed by atoms with Crippen LogP contribution in [-0.4, -0.2) is 36.3 Å². The number of ether oxygens (including phenoxy) is 1. The standard InChI is InChI=1S/C22H25N3O/c1-22(2,3)18-7-4-16(5-8-18)17-6-9-19-20(14-17)24-21(15-23-19)25-10-12-26-13-11-25/h4-9,14-15H,10-13H2,1-3H3. The van der Waals surface area contributed by atoms with E-state index in [1.54, 1.807) is 0 Å². The fourth-order valence-corrected chi connectivity index (χ4v) is 3.29. The Labute approximate surface area is 154 Å². The highest BCUT2D eigenvalue weighted by atomic mass is 16.5. The molecule has 2 aromatic carbocycles. The summed E-state index contributed by atoms with van der Waals surface area (Å²) in [5.74, 6) is 0.932. The Hall–Kier alpha value is -2.46. The molecule has 0 unspecified atom stereocenters. The minimum absolute atomic E-state index is 0.167. The van der Waals surface area contributed by atoms with Crippen LogP contribution in [-0.2, 0) is 10.2 Å². The van der Waals surface area contributed by atoms with E-state index in [1.165, 1.54) is 16.7 Å². The van der Waals surface area contributed by atoms with Crippen LogP contribution in [0.4, 0.5) is 5.82 Å². The summed E-state index contributed by atoms with van der Waals surface area (Å²) in [6, 6.07) is 15.1. The average Bonchev–Trinajstić information content (AvgIpc) is 2.67. The van der Waals surface area contributed by atoms with Gasteiger partial charge in [-0.05, 0) is 34.2 Å². The highest BCUT2D eigenvalue weighted by Gasteiger charge is 2.15. The van der Waals surface area contributed by atoms with Gasteiger partial charge in [-0.25, -0.2) is 4.98 Å². The second-order valence-corrected chi connectivity index (χ2v) is 7.86. The van der Waals surface area contributed by atoms with Crippen molar-refractivity contribution < 1.29 is 4.74 Å². The first kappa shape index (κ1) is 17.0. The van der Waals surface area contributed by atoms with Crippen molar-refractivity contribution in [1.82, 2.24) is 9.97 Å². The van der Waals surface area contributed by atoms with E-state index in [9.17, 15) is 0 Å². The molecule has 4 heteroatoms. The molecule has 4 rings (SSSR count). The Balaban J connectivity index is 1.67. The number of hydrogen-bond acceptors (Lipinski definition) is 4. The topological polar surface area (TPSA) is 38.2 Å². The Morgan fingerprint density at radius 1 is 0.885 bits per heavy atom. The predicted octanol–water partition coefficient (Wildman–Crippen LogP) is 4.43. The SMILES string of the molecule is CC(C)(C)c1ccc(-c2ccc3ncc(N4CCOCC4)nc3c2)cc1. The molecule has 0 radical (unpaired) electrons. The van der Waals surface area contributed by atoms with E-state index < -0.39 is 0 Å². The van der Waals surface area contributed by atoms with Crippen LogP contribution in [0.2, 0.25) is 0 Å². The first-order chi connectivity index (χ1) is 12.5. The number of benzene rings is 2. The quantitative estimate of drug-likeness (QED) is 0.687. The second-order valence-electron chi connectivity index (χ2n) is 7.86. The lowest BCUT2D eigenvalue weighted by molar-refractivity contribution is 0.122. The zero-order valence-corrected chi connectivity index (χ0v) is 15.7. The number of fused-ring (bicyclic) bond motifs is 1. The molecule has 0 saturated carbocycles. The molecule has 0 atom stereocenters. The van der Waals surface area contributed by atoms with Crippen LogP contribution >= 0.6 is 0 Å². The van der Waals surface area contributed by atoms with E-state index in [0.29, 0.717) is 0 Å². The molecule has 0 spiro atoms. The van der Waals surface area contributed by atoms with Crippen molar-refractivity contribution in [3.8, 4) is 11.1 Å². The van der Waals surface area contributed by atoms with E-state index in [1.807, 2.05) is 6.20 Å². The average molecular weight is 347 g/mol. The van der Waals surface area contributed by atoms with Gasteiger partial charge in [0.05, 0.1) is 30.4 Å². The lowest BCUT2D eigenvalue weighted by atomic mass is 9.86. The Kier molecular flexibility index (Phi) is 4.37. The highest BCUT2D eigenvalue weighted by molar-refractivity contribution is 5.82. The van der Waals surface area contributed by atoms with Crippen LogP contribution in [0.25, 0.3) is 22.2 Å². The van der Waals surface area contributed by atoms with Gasteiger partial charge in [-0.1, -0.05) is 51.1 Å². The summed E-state index contributed by atoms with van der Waals surface area (Å²) < 4.78 is 5.43. The fraction of sp³-hybridized carbons (Fsp3) is 0.364. The van der Waals surface area contributed by atoms with Crippen LogP contribution < -0.4 is 4.90 Å². The molecule has 2 heterocycles. The summed E-state index contributed by atoms with van der Waals surface area (Å²) in [5.41, 5.74) is 5.75. The molecular weight excluding hydrogens is 322 g/mol. The lowest BCUT2D eigenvalue weighted by Gasteiger charge is -2.27. The van der Waals surface area contributed by atoms with Gasteiger partial charge in [0.1, 0.15) is 5.82 Å². The largest absolute Gasteiger partial charge is 0.378 e. The van der Waals surface area contributed by atoms with Crippen molar-refractivity contribution in [1.29, 1.82) is 0 Å². The molecule has 0 amide bonds. The molecule has 1 aromatic heterocycles. The van der Waals surface area contributed by atoms with Gasteiger partial charge in [-0.2, -0.15) is 0 Å². The summed E-state index contributed by atoms with van der Waals surface area (Å²) >= 11 is 0. The van der Waals surface area contributed by atoms with Crippen molar-refractivity contribution in [3.05, 3.63) is 54.2 Å². The number of morpholine rings is 1. The van der Waals surface area contributed by atoms with Crippen molar-refractivity contribution in [2.45, 2.75) is 26.2 Å². The van der Waals surface area contributed by atoms with Gasteiger partial charge in [0.2, 0.25) is 0 Å². The minimum atomic E-state index is 0.167. The number of aromatic nitrogens is 2. The zero-order valence-electron chi connectivity index (χ0n) is 15.7. The molecule has 0 aliphatic carbocycles. The van der Waals surface area contributed by atoms with Gasteiger partial charge in [0, 0.05) is 13.1 Å². The summed E-state index contributed by atoms with van der Waals surface area (Å²) in [4.78, 5) is 11.7. The Morgan fingerprint density at radius 2 is 1.58 bits per heavy atom. The van der Waals surface area contributed by atoms with E-state index in [-0.39, 0.29) is 5.41 Å². The number of nitrogens with zero attached hydrogens (tertiary/aromatic N) is 3. The zero-order chi connectivity index (χ0) is 18.1. The number of anilines is 1. The molecule has 26 heavy (non-hydrogen) atoms. The van der Waals surface area contributed by atoms with Gasteiger partial charge in [-0.15, -0.1) is 0 Å². The van der Waals surface area contributed by atoms with Crippen LogP contribution in [0.15, 0.2) is 48.7 Å². The van der Waals surface area contributed by atoms with Crippen molar-refractivity contribution in [2.75, 3.05) is 31.2 Å². The number of rotatable bonds is 2. The fourth-order valence-electron chi connectivity index (χ4n) is 3.29. The highest BCUT2D eigenvalue weighted by Crippen LogP contribution is 2.28. The van der Waals surface area contributed by atoms with E-state index in [4.69, 9.17) is 9.72 Å². The Morgan fingerprint density at radius 3 is 2.27 bits per heavy atom. The van der Waals surface area contributed by atoms with Crippen LogP contribution in [0.5, 0.6) is 0 Å². The summed E-state index contributed by atoms with van der Waals surface area (Å²) in [7, 11) is 0. The maximum absolute atomic E-state index is 5.43. The van der Waals surface area contributed by atoms with Gasteiger partial charge in [-0.3, -0.25) is 4.98 Å². The molecule has 1 fully saturated rings. The van der Waals surface area contributed by atoms with Gasteiger partial charge < -0.3 is 9.64 Å². The maximum Gasteiger partial charge on any atom is 0.148 e. The smallest absolute Gasteiger partial charge is 0.148 e. The molecule has 0 N–H and O–H groups in total. The molecule has 4 nitrogen and oxygen atoms in total. The predicted molar refractivity (Wildman–Crippen MR) is 107 cm³/mol. The third-order valence-corrected chi connectivity index (χ3v) is 4.95. The Bertz CT molecular complexity index is 907. The third kappa shape index (κ3) is 3.42. The monoisotopic (exact) mass is 347 g/mol. The van der Waals surface area contributed by atoms with Crippen LogP contribution in [0, 0.1) is 0 Å². The first-order valence-corrected chi connectivity index (χ1v) is 9.21. The maximum atomic E-state index is 5.43. The summed E-state index contributed by atoms with van der Waals surface area (Å²) in [6.07, 6.45) is 1.87. The van der Waals surface area contributed by atoms with E-state index >= 15 is 0 Å². The molecule has 134 valence electrons. The molecule has 0 bridgehead atoms. The number of hydrogen-bond donors (Lipinski definition) is 0. The summed E-state index contributed by atoms with van der Waals surface area (Å²) in [6.45, 7) is 9.95. The van der Waals surface area contributed by atoms with E-state index in [2.05, 4.69) is 73.1 Å². The minimum Gasteiger partial charge on any atom is -0.378 e. The molecule has 1 aliphatic rings. The van der Waals surface area contributed by atoms with Crippen molar-refractivity contribution >= 4 is 16.9 Å². The normalized spacial score (nSPS) is 15.4. The van der Waals surface area contributed by atoms with Crippen molar-refractivity contribution in [2.24, 2.45) is 0 Å². The van der Waals surface area contributed by atoms with Gasteiger partial charge in [0.25, 0.3) is 0 Å². The lowest BCUT2D eigenvalue weighted by Crippen LogP contribution is -2.36. The molecular formula is C22H25N3O. The van der Waals surface area contributed by atoms with Crippen LogP contribution in [0.3, 0.4) is 0 Å². The van der Waals surface area contributed by atoms with Crippen molar-refractivity contribution in [3.63, 3.8) is 0 Å². The van der Waals surface area contributed by atoms with E-state index in [0.717, 1.165) is 43.2 Å². The molecule has 1 saturated heterocycles.